The Morgan fingerprint density at radius 2 is 1.78 bits per heavy atom. The lowest BCUT2D eigenvalue weighted by atomic mass is 9.88. The Morgan fingerprint density at radius 3 is 2.47 bits per heavy atom. The number of rotatable bonds is 9. The van der Waals surface area contributed by atoms with Crippen LogP contribution < -0.4 is 26.6 Å². The second kappa shape index (κ2) is 15.6. The molecule has 58 heavy (non-hydrogen) atoms. The molecule has 3 aromatic carbocycles. The molecule has 2 aromatic heterocycles. The summed E-state index contributed by atoms with van der Waals surface area (Å²) in [7, 11) is 1.76. The third-order valence-corrected chi connectivity index (χ3v) is 11.3. The summed E-state index contributed by atoms with van der Waals surface area (Å²) in [5.74, 6) is -3.93. The van der Waals surface area contributed by atoms with Gasteiger partial charge in [0.25, 0.3) is 11.8 Å². The molecule has 0 bridgehead atoms. The maximum Gasteiger partial charge on any atom is 0.257 e. The molecule has 0 saturated carbocycles. The third-order valence-electron chi connectivity index (χ3n) is 11.3. The van der Waals surface area contributed by atoms with Crippen molar-refractivity contribution in [3.8, 4) is 11.3 Å². The Labute approximate surface area is 331 Å². The zero-order chi connectivity index (χ0) is 40.8. The van der Waals surface area contributed by atoms with E-state index in [1.54, 1.807) is 22.5 Å². The summed E-state index contributed by atoms with van der Waals surface area (Å²) in [6.45, 7) is 5.47. The molecule has 3 aliphatic heterocycles. The predicted octanol–water partition coefficient (Wildman–Crippen LogP) is 4.34. The summed E-state index contributed by atoms with van der Waals surface area (Å²) in [4.78, 5) is 46.1. The van der Waals surface area contributed by atoms with Gasteiger partial charge in [-0.25, -0.2) is 22.8 Å². The predicted molar refractivity (Wildman–Crippen MR) is 210 cm³/mol. The van der Waals surface area contributed by atoms with Crippen molar-refractivity contribution in [3.63, 3.8) is 0 Å². The summed E-state index contributed by atoms with van der Waals surface area (Å²) in [5, 5.41) is 23.2. The lowest BCUT2D eigenvalue weighted by Crippen LogP contribution is -2.47. The standard InChI is InChI=1S/C41H43F3N10O4/c1-22-26(40(57)48-32-20-51(2)21-46-32)4-5-28(36(22)44)37-35(38(45)56)39-47-31-7-3-25(19-24(31)10-12-54(39)50-37)53-15-13-52(14-16-53)11-9-23-17-29(42)34(30(43)18-23)27-6-8-33(55)49-41(27)58/h3-5,7,17-21,27,41,47,58H,6,8-16H2,1-2H3,(H2,45,56)(H,48,57)(H,49,55). The number of nitrogens with two attached hydrogens (primary N) is 1. The number of imidazole rings is 1. The number of aryl methyl sites for hydroxylation is 3. The van der Waals surface area contributed by atoms with Crippen LogP contribution in [0.3, 0.4) is 0 Å². The van der Waals surface area contributed by atoms with Crippen molar-refractivity contribution in [1.82, 2.24) is 29.5 Å². The van der Waals surface area contributed by atoms with Crippen LogP contribution in [0.15, 0.2) is 55.0 Å². The highest BCUT2D eigenvalue weighted by Gasteiger charge is 2.33. The molecule has 8 rings (SSSR count). The van der Waals surface area contributed by atoms with E-state index < -0.39 is 41.4 Å². The first-order chi connectivity index (χ1) is 27.8. The van der Waals surface area contributed by atoms with Gasteiger partial charge in [-0.1, -0.05) is 0 Å². The molecule has 3 aliphatic rings. The van der Waals surface area contributed by atoms with Crippen LogP contribution in [0.1, 0.15) is 61.7 Å². The first-order valence-electron chi connectivity index (χ1n) is 19.2. The fraction of sp³-hybridized carbons (Fsp3) is 0.341. The van der Waals surface area contributed by atoms with Gasteiger partial charge in [-0.15, -0.1) is 0 Å². The van der Waals surface area contributed by atoms with E-state index in [0.717, 1.165) is 43.1 Å². The lowest BCUT2D eigenvalue weighted by molar-refractivity contribution is -0.127. The van der Waals surface area contributed by atoms with Crippen molar-refractivity contribution < 1.29 is 32.7 Å². The van der Waals surface area contributed by atoms with E-state index in [2.05, 4.69) is 41.9 Å². The Bertz CT molecular complexity index is 2420. The summed E-state index contributed by atoms with van der Waals surface area (Å²) >= 11 is 0. The number of fused-ring (bicyclic) bond motifs is 2. The molecule has 2 unspecified atom stereocenters. The number of carbonyl (C=O) groups excluding carboxylic acids is 3. The van der Waals surface area contributed by atoms with E-state index in [9.17, 15) is 19.5 Å². The molecule has 302 valence electrons. The van der Waals surface area contributed by atoms with Crippen LogP contribution in [0.2, 0.25) is 0 Å². The second-order valence-corrected chi connectivity index (χ2v) is 15.1. The number of benzene rings is 3. The van der Waals surface area contributed by atoms with Crippen molar-refractivity contribution in [2.24, 2.45) is 12.8 Å². The molecule has 6 N–H and O–H groups in total. The van der Waals surface area contributed by atoms with Crippen molar-refractivity contribution in [1.29, 1.82) is 0 Å². The van der Waals surface area contributed by atoms with Gasteiger partial charge in [0.2, 0.25) is 5.91 Å². The van der Waals surface area contributed by atoms with Gasteiger partial charge < -0.3 is 36.3 Å². The molecule has 17 heteroatoms. The molecule has 2 saturated heterocycles. The van der Waals surface area contributed by atoms with E-state index in [1.807, 2.05) is 12.1 Å². The maximum atomic E-state index is 16.0. The number of carbonyl (C=O) groups is 3. The summed E-state index contributed by atoms with van der Waals surface area (Å²) in [6, 6.07) is 11.6. The number of hydrogen-bond donors (Lipinski definition) is 5. The average molecular weight is 797 g/mol. The minimum Gasteiger partial charge on any atom is -0.373 e. The Balaban J connectivity index is 0.918. The van der Waals surface area contributed by atoms with E-state index in [4.69, 9.17) is 5.73 Å². The van der Waals surface area contributed by atoms with Gasteiger partial charge in [-0.3, -0.25) is 19.3 Å². The molecule has 5 heterocycles. The number of piperidine rings is 1. The highest BCUT2D eigenvalue weighted by molar-refractivity contribution is 6.07. The van der Waals surface area contributed by atoms with Crippen LogP contribution >= 0.6 is 0 Å². The quantitative estimate of drug-likeness (QED) is 0.145. The Kier molecular flexibility index (Phi) is 10.4. The normalized spacial score (nSPS) is 18.2. The van der Waals surface area contributed by atoms with E-state index in [-0.39, 0.29) is 52.3 Å². The molecule has 2 fully saturated rings. The van der Waals surface area contributed by atoms with Gasteiger partial charge >= 0.3 is 0 Å². The minimum absolute atomic E-state index is 0.0384. The topological polar surface area (TPSA) is 176 Å². The smallest absolute Gasteiger partial charge is 0.257 e. The first kappa shape index (κ1) is 38.7. The molecule has 14 nitrogen and oxygen atoms in total. The number of nitrogens with zero attached hydrogens (tertiary/aromatic N) is 6. The van der Waals surface area contributed by atoms with Crippen molar-refractivity contribution in [2.45, 2.75) is 51.3 Å². The molecule has 0 spiro atoms. The van der Waals surface area contributed by atoms with Gasteiger partial charge in [0.15, 0.2) is 5.82 Å². The average Bonchev–Trinajstić information content (AvgIpc) is 3.71. The van der Waals surface area contributed by atoms with Crippen LogP contribution in [0.25, 0.3) is 11.3 Å². The number of anilines is 4. The monoisotopic (exact) mass is 796 g/mol. The first-order valence-corrected chi connectivity index (χ1v) is 19.2. The highest BCUT2D eigenvalue weighted by atomic mass is 19.1. The molecular weight excluding hydrogens is 754 g/mol. The molecule has 2 atom stereocenters. The van der Waals surface area contributed by atoms with E-state index >= 15 is 13.2 Å². The summed E-state index contributed by atoms with van der Waals surface area (Å²) in [6.07, 6.45) is 3.12. The number of hydrogen-bond acceptors (Lipinski definition) is 9. The van der Waals surface area contributed by atoms with Gasteiger partial charge in [0.1, 0.15) is 40.8 Å². The fourth-order valence-corrected chi connectivity index (χ4v) is 8.14. The molecule has 0 radical (unpaired) electrons. The van der Waals surface area contributed by atoms with Crippen LogP contribution in [0.4, 0.5) is 36.2 Å². The maximum absolute atomic E-state index is 16.0. The number of halogens is 3. The van der Waals surface area contributed by atoms with Gasteiger partial charge in [0.05, 0.1) is 6.33 Å². The zero-order valence-electron chi connectivity index (χ0n) is 32.0. The minimum atomic E-state index is -1.33. The van der Waals surface area contributed by atoms with Crippen LogP contribution in [0, 0.1) is 24.4 Å². The summed E-state index contributed by atoms with van der Waals surface area (Å²) < 4.78 is 49.5. The Morgan fingerprint density at radius 1 is 1.02 bits per heavy atom. The lowest BCUT2D eigenvalue weighted by Gasteiger charge is -2.36. The Hall–Kier alpha value is -6.20. The van der Waals surface area contributed by atoms with Crippen molar-refractivity contribution in [3.05, 3.63) is 106 Å². The van der Waals surface area contributed by atoms with Crippen LogP contribution in [0.5, 0.6) is 0 Å². The number of aliphatic hydroxyl groups is 1. The van der Waals surface area contributed by atoms with Gasteiger partial charge in [0, 0.05) is 92.9 Å². The van der Waals surface area contributed by atoms with Crippen molar-refractivity contribution >= 4 is 40.7 Å². The van der Waals surface area contributed by atoms with E-state index in [1.165, 1.54) is 37.5 Å². The van der Waals surface area contributed by atoms with E-state index in [0.29, 0.717) is 43.1 Å². The number of nitrogens with one attached hydrogen (secondary N) is 3. The van der Waals surface area contributed by atoms with Gasteiger partial charge in [-0.05, 0) is 85.3 Å². The second-order valence-electron chi connectivity index (χ2n) is 15.1. The third kappa shape index (κ3) is 7.49. The van der Waals surface area contributed by atoms with Crippen molar-refractivity contribution in [2.75, 3.05) is 48.3 Å². The van der Waals surface area contributed by atoms with Crippen LogP contribution in [-0.2, 0) is 31.2 Å². The van der Waals surface area contributed by atoms with Gasteiger partial charge in [-0.2, -0.15) is 5.10 Å². The molecule has 3 amide bonds. The number of primary amides is 1. The molecule has 5 aromatic rings. The number of aromatic nitrogens is 4. The fourth-order valence-electron chi connectivity index (χ4n) is 8.14. The SMILES string of the molecule is Cc1c(C(=O)Nc2cn(C)cn2)ccc(-c2nn3c(c2C(N)=O)Nc2ccc(N4CCN(CCc5cc(F)c(C6CCC(=O)NC6O)c(F)c5)CC4)cc2CC3)c1F. The van der Waals surface area contributed by atoms with Crippen LogP contribution in [-0.4, -0.2) is 86.0 Å². The molecular formula is C41H43F3N10O4. The highest BCUT2D eigenvalue weighted by Crippen LogP contribution is 2.38. The number of amides is 3. The molecule has 0 aliphatic carbocycles. The largest absolute Gasteiger partial charge is 0.373 e. The number of piperazine rings is 1. The number of aliphatic hydroxyl groups excluding tert-OH is 1. The zero-order valence-corrected chi connectivity index (χ0v) is 32.0. The summed E-state index contributed by atoms with van der Waals surface area (Å²) in [5.41, 5.74) is 9.39.